The Morgan fingerprint density at radius 3 is 2.36 bits per heavy atom. The number of rotatable bonds is 8. The Morgan fingerprint density at radius 2 is 1.72 bits per heavy atom. The van der Waals surface area contributed by atoms with Gasteiger partial charge in [0.15, 0.2) is 5.75 Å². The second-order valence-electron chi connectivity index (χ2n) is 8.53. The van der Waals surface area contributed by atoms with Crippen molar-refractivity contribution in [3.05, 3.63) is 77.2 Å². The maximum atomic E-state index is 14.1. The predicted molar refractivity (Wildman–Crippen MR) is 121 cm³/mol. The van der Waals surface area contributed by atoms with Crippen molar-refractivity contribution in [2.24, 2.45) is 0 Å². The predicted octanol–water partition coefficient (Wildman–Crippen LogP) is 5.85. The number of carbonyl (C=O) groups is 1. The lowest BCUT2D eigenvalue weighted by atomic mass is 9.95. The van der Waals surface area contributed by atoms with Gasteiger partial charge >= 0.3 is 23.7 Å². The van der Waals surface area contributed by atoms with E-state index in [1.807, 2.05) is 0 Å². The highest BCUT2D eigenvalue weighted by Crippen LogP contribution is 2.46. The van der Waals surface area contributed by atoms with Crippen molar-refractivity contribution in [2.75, 3.05) is 13.6 Å². The standard InChI is InChI=1S/C25H22F5NO5/c1-5-21(32)35-23(2,3)14-31(4)36-16-11-10-15-12-18(22(33)34-20(15)13-16)17-8-6-7-9-19(17)24(26,27)25(28,29)30/h5-13H,1,14H2,2-4H3. The first-order valence-corrected chi connectivity index (χ1v) is 10.5. The van der Waals surface area contributed by atoms with Crippen molar-refractivity contribution in [1.82, 2.24) is 5.06 Å². The molecule has 0 atom stereocenters. The molecular formula is C25H22F5NO5. The highest BCUT2D eigenvalue weighted by atomic mass is 19.4. The summed E-state index contributed by atoms with van der Waals surface area (Å²) < 4.78 is 77.7. The number of nitrogens with zero attached hydrogens (tertiary/aromatic N) is 1. The molecule has 11 heteroatoms. The molecule has 0 aliphatic carbocycles. The van der Waals surface area contributed by atoms with Crippen molar-refractivity contribution in [3.63, 3.8) is 0 Å². The summed E-state index contributed by atoms with van der Waals surface area (Å²) in [5.74, 6) is -5.55. The minimum Gasteiger partial charge on any atom is -0.455 e. The molecule has 0 amide bonds. The van der Waals surface area contributed by atoms with Crippen LogP contribution in [0, 0.1) is 0 Å². The molecule has 0 saturated carbocycles. The number of likely N-dealkylation sites (N-methyl/N-ethyl adjacent to an activating group) is 1. The lowest BCUT2D eigenvalue weighted by Crippen LogP contribution is -2.41. The summed E-state index contributed by atoms with van der Waals surface area (Å²) in [4.78, 5) is 29.7. The third kappa shape index (κ3) is 5.73. The third-order valence-corrected chi connectivity index (χ3v) is 5.03. The summed E-state index contributed by atoms with van der Waals surface area (Å²) in [5, 5.41) is 1.64. The smallest absolute Gasteiger partial charge is 0.455 e. The molecule has 1 aromatic heterocycles. The molecule has 0 N–H and O–H groups in total. The molecule has 0 unspecified atom stereocenters. The van der Waals surface area contributed by atoms with E-state index in [-0.39, 0.29) is 23.3 Å². The maximum absolute atomic E-state index is 14.1. The first kappa shape index (κ1) is 26.9. The molecule has 0 aliphatic heterocycles. The van der Waals surface area contributed by atoms with E-state index >= 15 is 0 Å². The fourth-order valence-corrected chi connectivity index (χ4v) is 3.58. The molecule has 3 aromatic rings. The molecule has 1 heterocycles. The molecule has 3 rings (SSSR count). The SMILES string of the molecule is C=CC(=O)OC(C)(C)CN(C)Oc1ccc2cc(-c3ccccc3C(F)(F)C(F)(F)F)c(=O)oc2c1. The fourth-order valence-electron chi connectivity index (χ4n) is 3.58. The van der Waals surface area contributed by atoms with Crippen LogP contribution in [0.2, 0.25) is 0 Å². The summed E-state index contributed by atoms with van der Waals surface area (Å²) in [6, 6.07) is 9.37. The molecule has 6 nitrogen and oxygen atoms in total. The van der Waals surface area contributed by atoms with E-state index in [2.05, 4.69) is 6.58 Å². The van der Waals surface area contributed by atoms with Gasteiger partial charge in [-0.3, -0.25) is 0 Å². The molecule has 192 valence electrons. The van der Waals surface area contributed by atoms with Crippen LogP contribution < -0.4 is 10.5 Å². The zero-order chi connectivity index (χ0) is 26.9. The Balaban J connectivity index is 1.92. The summed E-state index contributed by atoms with van der Waals surface area (Å²) >= 11 is 0. The van der Waals surface area contributed by atoms with Gasteiger partial charge in [-0.1, -0.05) is 30.8 Å². The third-order valence-electron chi connectivity index (χ3n) is 5.03. The van der Waals surface area contributed by atoms with Gasteiger partial charge in [0.05, 0.1) is 12.1 Å². The van der Waals surface area contributed by atoms with Crippen molar-refractivity contribution in [3.8, 4) is 16.9 Å². The van der Waals surface area contributed by atoms with Crippen LogP contribution in [-0.2, 0) is 15.5 Å². The van der Waals surface area contributed by atoms with E-state index in [0.29, 0.717) is 6.07 Å². The fraction of sp³-hybridized carbons (Fsp3) is 0.280. The molecule has 0 aliphatic rings. The van der Waals surface area contributed by atoms with Gasteiger partial charge in [-0.05, 0) is 37.6 Å². The van der Waals surface area contributed by atoms with Crippen LogP contribution in [0.3, 0.4) is 0 Å². The molecule has 0 radical (unpaired) electrons. The number of halogens is 5. The zero-order valence-electron chi connectivity index (χ0n) is 19.5. The molecule has 0 spiro atoms. The number of esters is 1. The van der Waals surface area contributed by atoms with Crippen LogP contribution in [0.25, 0.3) is 22.1 Å². The number of fused-ring (bicyclic) bond motifs is 1. The Morgan fingerprint density at radius 1 is 1.06 bits per heavy atom. The van der Waals surface area contributed by atoms with Crippen molar-refractivity contribution in [2.45, 2.75) is 31.5 Å². The minimum absolute atomic E-state index is 0.0204. The van der Waals surface area contributed by atoms with Gasteiger partial charge in [0, 0.05) is 30.1 Å². The number of hydroxylamine groups is 2. The average molecular weight is 511 g/mol. The quantitative estimate of drug-likeness (QED) is 0.124. The van der Waals surface area contributed by atoms with Crippen LogP contribution in [-0.4, -0.2) is 36.4 Å². The van der Waals surface area contributed by atoms with Crippen LogP contribution in [0.1, 0.15) is 19.4 Å². The summed E-state index contributed by atoms with van der Waals surface area (Å²) in [5.41, 5.74) is -4.40. The van der Waals surface area contributed by atoms with Crippen molar-refractivity contribution >= 4 is 16.9 Å². The lowest BCUT2D eigenvalue weighted by molar-refractivity contribution is -0.289. The molecule has 0 saturated heterocycles. The number of carbonyl (C=O) groups excluding carboxylic acids is 1. The Labute approximate surface area is 202 Å². The second-order valence-corrected chi connectivity index (χ2v) is 8.53. The molecule has 0 bridgehead atoms. The van der Waals surface area contributed by atoms with E-state index in [0.717, 1.165) is 18.2 Å². The topological polar surface area (TPSA) is 69.0 Å². The summed E-state index contributed by atoms with van der Waals surface area (Å²) in [7, 11) is 1.57. The van der Waals surface area contributed by atoms with Gasteiger partial charge in [0.25, 0.3) is 0 Å². The molecule has 2 aromatic carbocycles. The molecular weight excluding hydrogens is 489 g/mol. The number of hydrogen-bond donors (Lipinski definition) is 0. The number of benzene rings is 2. The van der Waals surface area contributed by atoms with Crippen LogP contribution in [0.5, 0.6) is 5.75 Å². The normalized spacial score (nSPS) is 12.6. The van der Waals surface area contributed by atoms with E-state index < -0.39 is 46.0 Å². The van der Waals surface area contributed by atoms with Crippen molar-refractivity contribution in [1.29, 1.82) is 0 Å². The first-order chi connectivity index (χ1) is 16.6. The van der Waals surface area contributed by atoms with Gasteiger partial charge in [0.2, 0.25) is 0 Å². The van der Waals surface area contributed by atoms with Gasteiger partial charge in [-0.2, -0.15) is 22.0 Å². The zero-order valence-corrected chi connectivity index (χ0v) is 19.5. The Kier molecular flexibility index (Phi) is 7.26. The van der Waals surface area contributed by atoms with Crippen molar-refractivity contribution < 1.29 is 40.7 Å². The van der Waals surface area contributed by atoms with Crippen LogP contribution in [0.4, 0.5) is 22.0 Å². The molecule has 0 fully saturated rings. The second kappa shape index (κ2) is 9.73. The highest BCUT2D eigenvalue weighted by Gasteiger charge is 2.59. The summed E-state index contributed by atoms with van der Waals surface area (Å²) in [6.07, 6.45) is -4.82. The first-order valence-electron chi connectivity index (χ1n) is 10.5. The Bertz CT molecular complexity index is 1350. The monoisotopic (exact) mass is 511 g/mol. The van der Waals surface area contributed by atoms with Gasteiger partial charge < -0.3 is 14.0 Å². The summed E-state index contributed by atoms with van der Waals surface area (Å²) in [6.45, 7) is 6.81. The van der Waals surface area contributed by atoms with Gasteiger partial charge in [-0.25, -0.2) is 9.59 Å². The number of alkyl halides is 5. The largest absolute Gasteiger partial charge is 0.458 e. The van der Waals surface area contributed by atoms with E-state index in [1.54, 1.807) is 20.9 Å². The highest BCUT2D eigenvalue weighted by molar-refractivity contribution is 5.83. The van der Waals surface area contributed by atoms with E-state index in [1.165, 1.54) is 35.4 Å². The van der Waals surface area contributed by atoms with Crippen LogP contribution >= 0.6 is 0 Å². The minimum atomic E-state index is -5.85. The lowest BCUT2D eigenvalue weighted by Gasteiger charge is -2.29. The average Bonchev–Trinajstić information content (AvgIpc) is 2.76. The van der Waals surface area contributed by atoms with E-state index in [9.17, 15) is 31.5 Å². The number of hydrogen-bond acceptors (Lipinski definition) is 6. The number of ether oxygens (including phenoxy) is 1. The van der Waals surface area contributed by atoms with Gasteiger partial charge in [0.1, 0.15) is 11.2 Å². The maximum Gasteiger partial charge on any atom is 0.458 e. The van der Waals surface area contributed by atoms with Crippen LogP contribution in [0.15, 0.2) is 70.4 Å². The Hall–Kier alpha value is -3.73. The molecule has 36 heavy (non-hydrogen) atoms. The van der Waals surface area contributed by atoms with E-state index in [4.69, 9.17) is 14.0 Å². The van der Waals surface area contributed by atoms with Gasteiger partial charge in [-0.15, -0.1) is 5.06 Å².